The summed E-state index contributed by atoms with van der Waals surface area (Å²) in [5.41, 5.74) is 1.37. The predicted molar refractivity (Wildman–Crippen MR) is 48.5 cm³/mol. The van der Waals surface area contributed by atoms with E-state index in [1.807, 2.05) is 13.1 Å². The zero-order valence-corrected chi connectivity index (χ0v) is 7.17. The summed E-state index contributed by atoms with van der Waals surface area (Å²) in [5, 5.41) is 3.27. The van der Waals surface area contributed by atoms with Crippen LogP contribution in [0.25, 0.3) is 0 Å². The maximum absolute atomic E-state index is 3.27. The van der Waals surface area contributed by atoms with Crippen LogP contribution in [-0.4, -0.2) is 7.05 Å². The van der Waals surface area contributed by atoms with E-state index in [0.717, 1.165) is 6.42 Å². The smallest absolute Gasteiger partial charge is 0.0314 e. The highest BCUT2D eigenvalue weighted by Gasteiger charge is 2.03. The molecule has 0 aromatic heterocycles. The Hall–Kier alpha value is -0.820. The lowest BCUT2D eigenvalue weighted by molar-refractivity contribution is 0.577. The lowest BCUT2D eigenvalue weighted by Gasteiger charge is -2.13. The van der Waals surface area contributed by atoms with Gasteiger partial charge in [0.15, 0.2) is 0 Å². The molecule has 11 heavy (non-hydrogen) atoms. The van der Waals surface area contributed by atoms with Gasteiger partial charge in [-0.25, -0.2) is 0 Å². The largest absolute Gasteiger partial charge is 0.313 e. The topological polar surface area (TPSA) is 12.0 Å². The molecule has 0 fully saturated rings. The summed E-state index contributed by atoms with van der Waals surface area (Å²) in [6, 6.07) is 11.0. The van der Waals surface area contributed by atoms with Gasteiger partial charge < -0.3 is 5.32 Å². The van der Waals surface area contributed by atoms with Gasteiger partial charge in [0.05, 0.1) is 0 Å². The van der Waals surface area contributed by atoms with Crippen LogP contribution in [0.3, 0.4) is 0 Å². The van der Waals surface area contributed by atoms with E-state index in [-0.39, 0.29) is 0 Å². The molecular formula is C10H15N. The fraction of sp³-hybridized carbons (Fsp3) is 0.400. The van der Waals surface area contributed by atoms with Crippen LogP contribution < -0.4 is 5.32 Å². The van der Waals surface area contributed by atoms with Crippen molar-refractivity contribution in [3.05, 3.63) is 35.9 Å². The minimum absolute atomic E-state index is 0.510. The van der Waals surface area contributed by atoms with Crippen LogP contribution in [0.4, 0.5) is 0 Å². The molecule has 1 heteroatoms. The molecule has 0 amide bonds. The van der Waals surface area contributed by atoms with Gasteiger partial charge in [-0.15, -0.1) is 0 Å². The summed E-state index contributed by atoms with van der Waals surface area (Å²) in [6.07, 6.45) is 1.14. The van der Waals surface area contributed by atoms with E-state index in [1.165, 1.54) is 5.56 Å². The van der Waals surface area contributed by atoms with E-state index in [0.29, 0.717) is 6.04 Å². The van der Waals surface area contributed by atoms with Crippen molar-refractivity contribution < 1.29 is 0 Å². The molecule has 1 N–H and O–H groups in total. The molecule has 0 aliphatic heterocycles. The van der Waals surface area contributed by atoms with Crippen LogP contribution >= 0.6 is 0 Å². The fourth-order valence-corrected chi connectivity index (χ4v) is 1.29. The SMILES string of the molecule is CC[C@H](NC)c1ccccc1. The van der Waals surface area contributed by atoms with E-state index in [4.69, 9.17) is 0 Å². The zero-order valence-electron chi connectivity index (χ0n) is 7.17. The second-order valence-electron chi connectivity index (χ2n) is 2.66. The monoisotopic (exact) mass is 149 g/mol. The van der Waals surface area contributed by atoms with E-state index < -0.39 is 0 Å². The van der Waals surface area contributed by atoms with Crippen LogP contribution in [0.5, 0.6) is 0 Å². The molecule has 0 unspecified atom stereocenters. The third-order valence-corrected chi connectivity index (χ3v) is 1.96. The molecule has 0 heterocycles. The highest BCUT2D eigenvalue weighted by molar-refractivity contribution is 5.18. The van der Waals surface area contributed by atoms with E-state index in [1.54, 1.807) is 0 Å². The van der Waals surface area contributed by atoms with Crippen molar-refractivity contribution in [1.82, 2.24) is 5.32 Å². The first kappa shape index (κ1) is 8.28. The van der Waals surface area contributed by atoms with Crippen LogP contribution in [-0.2, 0) is 0 Å². The van der Waals surface area contributed by atoms with E-state index >= 15 is 0 Å². The first-order chi connectivity index (χ1) is 5.38. The number of rotatable bonds is 3. The molecule has 0 bridgehead atoms. The maximum atomic E-state index is 3.27. The first-order valence-electron chi connectivity index (χ1n) is 4.10. The quantitative estimate of drug-likeness (QED) is 0.695. The van der Waals surface area contributed by atoms with Gasteiger partial charge in [-0.2, -0.15) is 0 Å². The molecule has 0 saturated carbocycles. The Bertz CT molecular complexity index is 189. The number of hydrogen-bond acceptors (Lipinski definition) is 1. The number of benzene rings is 1. The van der Waals surface area contributed by atoms with Crippen LogP contribution in [0.1, 0.15) is 24.9 Å². The average molecular weight is 149 g/mol. The molecule has 0 aliphatic rings. The summed E-state index contributed by atoms with van der Waals surface area (Å²) < 4.78 is 0. The lowest BCUT2D eigenvalue weighted by atomic mass is 10.1. The van der Waals surface area contributed by atoms with Crippen molar-refractivity contribution in [2.75, 3.05) is 7.05 Å². The third kappa shape index (κ3) is 2.05. The normalized spacial score (nSPS) is 12.9. The van der Waals surface area contributed by atoms with Gasteiger partial charge in [0.1, 0.15) is 0 Å². The van der Waals surface area contributed by atoms with Crippen molar-refractivity contribution in [3.63, 3.8) is 0 Å². The standard InChI is InChI=1S/C10H15N/c1-3-10(11-2)9-7-5-4-6-8-9/h4-8,10-11H,3H2,1-2H3/t10-/m0/s1. The second-order valence-corrected chi connectivity index (χ2v) is 2.66. The Morgan fingerprint density at radius 3 is 2.36 bits per heavy atom. The molecule has 1 aromatic rings. The zero-order chi connectivity index (χ0) is 8.10. The maximum Gasteiger partial charge on any atom is 0.0314 e. The van der Waals surface area contributed by atoms with Crippen molar-refractivity contribution in [2.45, 2.75) is 19.4 Å². The Kier molecular flexibility index (Phi) is 3.12. The first-order valence-corrected chi connectivity index (χ1v) is 4.10. The van der Waals surface area contributed by atoms with E-state index in [2.05, 4.69) is 36.5 Å². The minimum atomic E-state index is 0.510. The van der Waals surface area contributed by atoms with Crippen LogP contribution in [0.2, 0.25) is 0 Å². The highest BCUT2D eigenvalue weighted by atomic mass is 14.9. The molecule has 0 aliphatic carbocycles. The van der Waals surface area contributed by atoms with Crippen molar-refractivity contribution in [3.8, 4) is 0 Å². The van der Waals surface area contributed by atoms with Crippen molar-refractivity contribution in [1.29, 1.82) is 0 Å². The van der Waals surface area contributed by atoms with Gasteiger partial charge in [0, 0.05) is 6.04 Å². The summed E-state index contributed by atoms with van der Waals surface area (Å²) in [6.45, 7) is 2.19. The van der Waals surface area contributed by atoms with E-state index in [9.17, 15) is 0 Å². The second kappa shape index (κ2) is 4.14. The molecule has 60 valence electrons. The molecule has 1 nitrogen and oxygen atoms in total. The van der Waals surface area contributed by atoms with Crippen LogP contribution in [0.15, 0.2) is 30.3 Å². The molecular weight excluding hydrogens is 134 g/mol. The van der Waals surface area contributed by atoms with Crippen LogP contribution in [0, 0.1) is 0 Å². The van der Waals surface area contributed by atoms with Gasteiger partial charge in [0.2, 0.25) is 0 Å². The number of hydrogen-bond donors (Lipinski definition) is 1. The Morgan fingerprint density at radius 1 is 1.27 bits per heavy atom. The van der Waals surface area contributed by atoms with Crippen molar-refractivity contribution >= 4 is 0 Å². The molecule has 0 saturated heterocycles. The Morgan fingerprint density at radius 2 is 1.91 bits per heavy atom. The predicted octanol–water partition coefficient (Wildman–Crippen LogP) is 2.36. The van der Waals surface area contributed by atoms with Gasteiger partial charge in [0.25, 0.3) is 0 Å². The summed E-state index contributed by atoms with van der Waals surface area (Å²) in [7, 11) is 2.00. The highest BCUT2D eigenvalue weighted by Crippen LogP contribution is 2.14. The summed E-state index contributed by atoms with van der Waals surface area (Å²) in [4.78, 5) is 0. The molecule has 0 radical (unpaired) electrons. The molecule has 1 atom stereocenters. The van der Waals surface area contributed by atoms with Crippen molar-refractivity contribution in [2.24, 2.45) is 0 Å². The lowest BCUT2D eigenvalue weighted by Crippen LogP contribution is -2.14. The van der Waals surface area contributed by atoms with Gasteiger partial charge >= 0.3 is 0 Å². The third-order valence-electron chi connectivity index (χ3n) is 1.96. The minimum Gasteiger partial charge on any atom is -0.313 e. The average Bonchev–Trinajstić information content (AvgIpc) is 2.09. The molecule has 0 spiro atoms. The number of nitrogens with one attached hydrogen (secondary N) is 1. The molecule has 1 aromatic carbocycles. The molecule has 1 rings (SSSR count). The van der Waals surface area contributed by atoms with Gasteiger partial charge in [-0.3, -0.25) is 0 Å². The summed E-state index contributed by atoms with van der Waals surface area (Å²) >= 11 is 0. The summed E-state index contributed by atoms with van der Waals surface area (Å²) in [5.74, 6) is 0. The Balaban J connectivity index is 2.74. The van der Waals surface area contributed by atoms with Gasteiger partial charge in [-0.1, -0.05) is 37.3 Å². The Labute approximate surface area is 68.4 Å². The fourth-order valence-electron chi connectivity index (χ4n) is 1.29. The van der Waals surface area contributed by atoms with Gasteiger partial charge in [-0.05, 0) is 19.0 Å².